The van der Waals surface area contributed by atoms with Crippen molar-refractivity contribution in [3.8, 4) is 5.69 Å². The summed E-state index contributed by atoms with van der Waals surface area (Å²) in [6.45, 7) is 2.30. The Morgan fingerprint density at radius 3 is 2.60 bits per heavy atom. The fourth-order valence-corrected chi connectivity index (χ4v) is 4.70. The van der Waals surface area contributed by atoms with Crippen molar-refractivity contribution in [1.82, 2.24) is 24.6 Å². The van der Waals surface area contributed by atoms with Crippen LogP contribution in [0.15, 0.2) is 59.7 Å². The summed E-state index contributed by atoms with van der Waals surface area (Å²) in [6, 6.07) is 9.98. The summed E-state index contributed by atoms with van der Waals surface area (Å²) in [4.78, 5) is 34.9. The monoisotopic (exact) mass is 481 g/mol. The van der Waals surface area contributed by atoms with Crippen LogP contribution in [0.4, 0.5) is 13.2 Å². The number of halogens is 3. The van der Waals surface area contributed by atoms with E-state index in [-0.39, 0.29) is 23.0 Å². The highest BCUT2D eigenvalue weighted by atomic mass is 19.4. The molecule has 4 heterocycles. The molecule has 1 amide bonds. The molecule has 5 rings (SSSR count). The number of H-pyrrole nitrogens is 1. The largest absolute Gasteiger partial charge is 0.418 e. The van der Waals surface area contributed by atoms with Gasteiger partial charge in [-0.1, -0.05) is 12.1 Å². The maximum atomic E-state index is 13.6. The van der Waals surface area contributed by atoms with E-state index < -0.39 is 23.1 Å². The number of aromatic amines is 1. The zero-order valence-electron chi connectivity index (χ0n) is 18.8. The predicted octanol–water partition coefficient (Wildman–Crippen LogP) is 4.46. The number of likely N-dealkylation sites (tertiary alicyclic amines) is 1. The van der Waals surface area contributed by atoms with Crippen LogP contribution in [0, 0.1) is 6.92 Å². The zero-order valence-corrected chi connectivity index (χ0v) is 18.8. The number of para-hydroxylation sites is 1. The first-order valence-electron chi connectivity index (χ1n) is 11.2. The molecule has 1 saturated heterocycles. The van der Waals surface area contributed by atoms with E-state index in [0.29, 0.717) is 25.9 Å². The summed E-state index contributed by atoms with van der Waals surface area (Å²) in [6.07, 6.45) is 0.420. The Kier molecular flexibility index (Phi) is 5.66. The van der Waals surface area contributed by atoms with Crippen LogP contribution in [-0.2, 0) is 6.18 Å². The molecule has 0 saturated carbocycles. The molecule has 10 heteroatoms. The highest BCUT2D eigenvalue weighted by Crippen LogP contribution is 2.34. The van der Waals surface area contributed by atoms with Gasteiger partial charge in [-0.3, -0.25) is 9.59 Å². The minimum Gasteiger partial charge on any atom is -0.346 e. The number of hydrogen-bond donors (Lipinski definition) is 1. The average Bonchev–Trinajstić information content (AvgIpc) is 3.28. The highest BCUT2D eigenvalue weighted by Gasteiger charge is 2.35. The summed E-state index contributed by atoms with van der Waals surface area (Å²) < 4.78 is 41.7. The van der Waals surface area contributed by atoms with E-state index >= 15 is 0 Å². The van der Waals surface area contributed by atoms with Gasteiger partial charge in [0.25, 0.3) is 5.91 Å². The number of nitrogens with zero attached hydrogens (tertiary/aromatic N) is 4. The first-order chi connectivity index (χ1) is 16.7. The number of carbonyl (C=O) groups is 1. The Labute approximate surface area is 198 Å². The van der Waals surface area contributed by atoms with Crippen LogP contribution in [0.3, 0.4) is 0 Å². The summed E-state index contributed by atoms with van der Waals surface area (Å²) in [7, 11) is 0. The molecule has 0 spiro atoms. The van der Waals surface area contributed by atoms with E-state index in [1.54, 1.807) is 11.1 Å². The lowest BCUT2D eigenvalue weighted by Crippen LogP contribution is -2.41. The van der Waals surface area contributed by atoms with Gasteiger partial charge in [-0.15, -0.1) is 0 Å². The number of benzene rings is 1. The van der Waals surface area contributed by atoms with Gasteiger partial charge in [0.2, 0.25) is 5.43 Å². The van der Waals surface area contributed by atoms with Gasteiger partial charge in [-0.05, 0) is 55.5 Å². The molecule has 0 aliphatic carbocycles. The van der Waals surface area contributed by atoms with Crippen LogP contribution >= 0.6 is 0 Å². The second kappa shape index (κ2) is 8.68. The molecule has 1 aromatic carbocycles. The Morgan fingerprint density at radius 1 is 1.11 bits per heavy atom. The molecule has 35 heavy (non-hydrogen) atoms. The molecular formula is C25H22F3N5O2. The van der Waals surface area contributed by atoms with Gasteiger partial charge >= 0.3 is 6.18 Å². The highest BCUT2D eigenvalue weighted by molar-refractivity contribution is 5.92. The van der Waals surface area contributed by atoms with Crippen LogP contribution in [0.25, 0.3) is 16.7 Å². The number of rotatable bonds is 3. The Hall–Kier alpha value is -3.95. The third-order valence-electron chi connectivity index (χ3n) is 6.45. The Balaban J connectivity index is 1.41. The minimum absolute atomic E-state index is 0.204. The summed E-state index contributed by atoms with van der Waals surface area (Å²) in [5, 5.41) is 5.15. The molecule has 1 N–H and O–H groups in total. The number of amides is 1. The number of hydrogen-bond acceptors (Lipinski definition) is 4. The first-order valence-corrected chi connectivity index (χ1v) is 11.2. The van der Waals surface area contributed by atoms with E-state index in [4.69, 9.17) is 0 Å². The molecule has 3 aromatic heterocycles. The second-order valence-corrected chi connectivity index (χ2v) is 8.64. The quantitative estimate of drug-likeness (QED) is 0.469. The third kappa shape index (κ3) is 4.20. The van der Waals surface area contributed by atoms with Crippen molar-refractivity contribution in [3.63, 3.8) is 0 Å². The average molecular weight is 481 g/mol. The molecule has 1 aliphatic rings. The zero-order chi connectivity index (χ0) is 24.7. The number of aryl methyl sites for hydroxylation is 1. The molecule has 0 bridgehead atoms. The molecule has 4 aromatic rings. The lowest BCUT2D eigenvalue weighted by molar-refractivity contribution is -0.137. The number of aromatic nitrogens is 4. The Bertz CT molecular complexity index is 1470. The number of nitrogens with one attached hydrogen (secondary N) is 1. The maximum absolute atomic E-state index is 13.6. The topological polar surface area (TPSA) is 83.9 Å². The third-order valence-corrected chi connectivity index (χ3v) is 6.45. The molecule has 7 nitrogen and oxygen atoms in total. The Morgan fingerprint density at radius 2 is 1.86 bits per heavy atom. The van der Waals surface area contributed by atoms with E-state index in [9.17, 15) is 22.8 Å². The number of pyridine rings is 1. The van der Waals surface area contributed by atoms with Gasteiger partial charge < -0.3 is 9.88 Å². The minimum atomic E-state index is -4.61. The van der Waals surface area contributed by atoms with Gasteiger partial charge in [0.15, 0.2) is 5.69 Å². The fourth-order valence-electron chi connectivity index (χ4n) is 4.70. The molecule has 0 unspecified atom stereocenters. The van der Waals surface area contributed by atoms with Crippen molar-refractivity contribution < 1.29 is 18.0 Å². The van der Waals surface area contributed by atoms with E-state index in [2.05, 4.69) is 15.1 Å². The number of carbonyl (C=O) groups excluding carboxylic acids is 1. The van der Waals surface area contributed by atoms with Crippen molar-refractivity contribution >= 4 is 16.9 Å². The maximum Gasteiger partial charge on any atom is 0.418 e. The molecule has 1 fully saturated rings. The van der Waals surface area contributed by atoms with Crippen molar-refractivity contribution in [3.05, 3.63) is 87.6 Å². The molecule has 1 aliphatic heterocycles. The van der Waals surface area contributed by atoms with Crippen molar-refractivity contribution in [2.24, 2.45) is 0 Å². The number of fused-ring (bicyclic) bond motifs is 1. The lowest BCUT2D eigenvalue weighted by Gasteiger charge is -2.31. The fraction of sp³-hybridized carbons (Fsp3) is 0.280. The summed E-state index contributed by atoms with van der Waals surface area (Å²) in [5.74, 6) is -0.356. The molecule has 180 valence electrons. The molecular weight excluding hydrogens is 459 g/mol. The van der Waals surface area contributed by atoms with E-state index in [1.807, 2.05) is 18.3 Å². The van der Waals surface area contributed by atoms with Crippen LogP contribution in [-0.4, -0.2) is 43.6 Å². The van der Waals surface area contributed by atoms with Gasteiger partial charge in [0.1, 0.15) is 5.65 Å². The van der Waals surface area contributed by atoms with Crippen LogP contribution < -0.4 is 5.43 Å². The predicted molar refractivity (Wildman–Crippen MR) is 124 cm³/mol. The first kappa shape index (κ1) is 22.8. The van der Waals surface area contributed by atoms with Crippen LogP contribution in [0.1, 0.15) is 46.1 Å². The number of alkyl halides is 3. The smallest absolute Gasteiger partial charge is 0.346 e. The SMILES string of the molecule is Cc1cc(=O)c(C(=O)N2CCC(c3c[nH]c4ncccc34)CC2)nn1-c1ccccc1C(F)(F)F. The van der Waals surface area contributed by atoms with Gasteiger partial charge in [0.05, 0.1) is 11.3 Å². The van der Waals surface area contributed by atoms with Crippen molar-refractivity contribution in [2.75, 3.05) is 13.1 Å². The standard InChI is InChI=1S/C25H22F3N5O2/c1-15-13-21(34)22(31-33(15)20-7-3-2-6-19(20)25(26,27)28)24(35)32-11-8-16(9-12-32)18-14-30-23-17(18)5-4-10-29-23/h2-7,10,13-14,16H,8-9,11-12H2,1H3,(H,29,30). The lowest BCUT2D eigenvalue weighted by atomic mass is 9.89. The summed E-state index contributed by atoms with van der Waals surface area (Å²) in [5.41, 5.74) is 0.0181. The van der Waals surface area contributed by atoms with E-state index in [0.717, 1.165) is 33.4 Å². The van der Waals surface area contributed by atoms with Gasteiger partial charge in [-0.2, -0.15) is 18.3 Å². The molecule has 0 atom stereocenters. The van der Waals surface area contributed by atoms with Crippen LogP contribution in [0.2, 0.25) is 0 Å². The normalized spacial score (nSPS) is 15.0. The molecule has 0 radical (unpaired) electrons. The van der Waals surface area contributed by atoms with Gasteiger partial charge in [-0.25, -0.2) is 9.67 Å². The van der Waals surface area contributed by atoms with Crippen molar-refractivity contribution in [1.29, 1.82) is 0 Å². The van der Waals surface area contributed by atoms with E-state index in [1.165, 1.54) is 25.1 Å². The summed E-state index contributed by atoms with van der Waals surface area (Å²) >= 11 is 0. The van der Waals surface area contributed by atoms with Crippen molar-refractivity contribution in [2.45, 2.75) is 31.9 Å². The van der Waals surface area contributed by atoms with Gasteiger partial charge in [0, 0.05) is 42.6 Å². The second-order valence-electron chi connectivity index (χ2n) is 8.64. The number of piperidine rings is 1. The van der Waals surface area contributed by atoms with Crippen LogP contribution in [0.5, 0.6) is 0 Å².